The van der Waals surface area contributed by atoms with Gasteiger partial charge in [-0.3, -0.25) is 4.99 Å². The van der Waals surface area contributed by atoms with Gasteiger partial charge in [-0.1, -0.05) is 37.3 Å². The smallest absolute Gasteiger partial charge is 0.191 e. The Morgan fingerprint density at radius 1 is 1.22 bits per heavy atom. The van der Waals surface area contributed by atoms with Gasteiger partial charge in [-0.05, 0) is 32.5 Å². The van der Waals surface area contributed by atoms with E-state index in [4.69, 9.17) is 4.74 Å². The highest BCUT2D eigenvalue weighted by Crippen LogP contribution is 2.15. The number of nitrogens with one attached hydrogen (secondary N) is 2. The summed E-state index contributed by atoms with van der Waals surface area (Å²) in [6, 6.07) is 10.3. The van der Waals surface area contributed by atoms with E-state index in [0.29, 0.717) is 0 Å². The first-order valence-electron chi connectivity index (χ1n) is 8.47. The monoisotopic (exact) mass is 320 g/mol. The summed E-state index contributed by atoms with van der Waals surface area (Å²) in [7, 11) is 3.91. The molecule has 0 heterocycles. The van der Waals surface area contributed by atoms with Crippen LogP contribution in [0.25, 0.3) is 0 Å². The van der Waals surface area contributed by atoms with E-state index in [2.05, 4.69) is 53.6 Å². The molecule has 0 aromatic heterocycles. The lowest BCUT2D eigenvalue weighted by atomic mass is 10.1. The van der Waals surface area contributed by atoms with Crippen LogP contribution in [0.15, 0.2) is 35.3 Å². The molecule has 0 bridgehead atoms. The van der Waals surface area contributed by atoms with Gasteiger partial charge in [0.2, 0.25) is 0 Å². The Morgan fingerprint density at radius 3 is 2.57 bits per heavy atom. The van der Waals surface area contributed by atoms with Crippen LogP contribution in [0.1, 0.15) is 31.9 Å². The number of hydrogen-bond acceptors (Lipinski definition) is 3. The largest absolute Gasteiger partial charge is 0.374 e. The van der Waals surface area contributed by atoms with Crippen LogP contribution >= 0.6 is 0 Å². The van der Waals surface area contributed by atoms with E-state index >= 15 is 0 Å². The van der Waals surface area contributed by atoms with E-state index in [1.807, 2.05) is 18.2 Å². The Bertz CT molecular complexity index is 436. The van der Waals surface area contributed by atoms with Crippen LogP contribution in [0.4, 0.5) is 0 Å². The summed E-state index contributed by atoms with van der Waals surface area (Å²) in [4.78, 5) is 6.49. The van der Waals surface area contributed by atoms with Crippen LogP contribution in [0.5, 0.6) is 0 Å². The summed E-state index contributed by atoms with van der Waals surface area (Å²) < 4.78 is 5.86. The topological polar surface area (TPSA) is 48.9 Å². The molecule has 1 unspecified atom stereocenters. The molecule has 1 atom stereocenters. The van der Waals surface area contributed by atoms with Crippen molar-refractivity contribution < 1.29 is 4.74 Å². The molecule has 0 aliphatic rings. The van der Waals surface area contributed by atoms with E-state index in [-0.39, 0.29) is 6.10 Å². The van der Waals surface area contributed by atoms with Gasteiger partial charge < -0.3 is 20.3 Å². The highest BCUT2D eigenvalue weighted by Gasteiger charge is 2.04. The fraction of sp³-hybridized carbons (Fsp3) is 0.611. The Balaban J connectivity index is 2.11. The first kappa shape index (κ1) is 19.5. The van der Waals surface area contributed by atoms with Gasteiger partial charge in [0, 0.05) is 33.3 Å². The molecule has 5 nitrogen and oxygen atoms in total. The Kier molecular flexibility index (Phi) is 10.1. The summed E-state index contributed by atoms with van der Waals surface area (Å²) in [5.41, 5.74) is 1.22. The second kappa shape index (κ2) is 11.9. The number of hydrogen-bond donors (Lipinski definition) is 2. The van der Waals surface area contributed by atoms with Crippen molar-refractivity contribution in [3.05, 3.63) is 35.9 Å². The third-order valence-electron chi connectivity index (χ3n) is 3.80. The normalized spacial score (nSPS) is 13.2. The number of likely N-dealkylation sites (N-methyl/N-ethyl adjacent to an activating group) is 1. The molecule has 1 aromatic rings. The number of benzene rings is 1. The maximum absolute atomic E-state index is 5.86. The molecule has 0 amide bonds. The predicted molar refractivity (Wildman–Crippen MR) is 98.0 cm³/mol. The molecule has 1 rings (SSSR count). The highest BCUT2D eigenvalue weighted by atomic mass is 16.5. The lowest BCUT2D eigenvalue weighted by molar-refractivity contribution is 0.0646. The average Bonchev–Trinajstić information content (AvgIpc) is 2.60. The molecule has 0 spiro atoms. The molecule has 0 radical (unpaired) electrons. The quantitative estimate of drug-likeness (QED) is 0.394. The fourth-order valence-electron chi connectivity index (χ4n) is 2.10. The van der Waals surface area contributed by atoms with Crippen LogP contribution in [0.2, 0.25) is 0 Å². The molecule has 0 aliphatic heterocycles. The molecule has 23 heavy (non-hydrogen) atoms. The molecule has 130 valence electrons. The van der Waals surface area contributed by atoms with Gasteiger partial charge in [-0.2, -0.15) is 0 Å². The SMILES string of the molecule is CCN(C)CCNC(=NC)NCCCOC(C)c1ccccc1. The number of rotatable bonds is 10. The molecule has 5 heteroatoms. The number of ether oxygens (including phenoxy) is 1. The molecule has 0 saturated carbocycles. The summed E-state index contributed by atoms with van der Waals surface area (Å²) in [6.45, 7) is 8.80. The van der Waals surface area contributed by atoms with Gasteiger partial charge in [0.1, 0.15) is 0 Å². The van der Waals surface area contributed by atoms with Crippen molar-refractivity contribution in [1.29, 1.82) is 0 Å². The van der Waals surface area contributed by atoms with Crippen molar-refractivity contribution in [1.82, 2.24) is 15.5 Å². The van der Waals surface area contributed by atoms with Gasteiger partial charge in [0.25, 0.3) is 0 Å². The van der Waals surface area contributed by atoms with Crippen LogP contribution in [-0.2, 0) is 4.74 Å². The summed E-state index contributed by atoms with van der Waals surface area (Å²) in [5.74, 6) is 0.852. The first-order chi connectivity index (χ1) is 11.2. The zero-order chi connectivity index (χ0) is 16.9. The molecular formula is C18H32N4O. The molecule has 0 aliphatic carbocycles. The van der Waals surface area contributed by atoms with E-state index in [9.17, 15) is 0 Å². The van der Waals surface area contributed by atoms with Crippen molar-refractivity contribution in [2.45, 2.75) is 26.4 Å². The van der Waals surface area contributed by atoms with Crippen molar-refractivity contribution in [2.75, 3.05) is 46.9 Å². The second-order valence-corrected chi connectivity index (χ2v) is 5.60. The van der Waals surface area contributed by atoms with Crippen LogP contribution in [0.3, 0.4) is 0 Å². The minimum absolute atomic E-state index is 0.137. The molecular weight excluding hydrogens is 288 g/mol. The van der Waals surface area contributed by atoms with Crippen LogP contribution in [-0.4, -0.2) is 57.7 Å². The van der Waals surface area contributed by atoms with Crippen LogP contribution in [0, 0.1) is 0 Å². The minimum Gasteiger partial charge on any atom is -0.374 e. The highest BCUT2D eigenvalue weighted by molar-refractivity contribution is 5.79. The zero-order valence-corrected chi connectivity index (χ0v) is 15.0. The van der Waals surface area contributed by atoms with E-state index in [0.717, 1.165) is 45.2 Å². The maximum atomic E-state index is 5.86. The van der Waals surface area contributed by atoms with E-state index in [1.54, 1.807) is 7.05 Å². The van der Waals surface area contributed by atoms with Crippen molar-refractivity contribution >= 4 is 5.96 Å². The van der Waals surface area contributed by atoms with E-state index < -0.39 is 0 Å². The fourth-order valence-corrected chi connectivity index (χ4v) is 2.10. The third kappa shape index (κ3) is 8.57. The van der Waals surface area contributed by atoms with Crippen molar-refractivity contribution in [3.63, 3.8) is 0 Å². The number of guanidine groups is 1. The summed E-state index contributed by atoms with van der Waals surface area (Å²) >= 11 is 0. The molecule has 2 N–H and O–H groups in total. The Hall–Kier alpha value is -1.59. The van der Waals surface area contributed by atoms with Gasteiger partial charge in [0.15, 0.2) is 5.96 Å². The summed E-state index contributed by atoms with van der Waals surface area (Å²) in [5, 5.41) is 6.63. The first-order valence-corrected chi connectivity index (χ1v) is 8.47. The average molecular weight is 320 g/mol. The standard InChI is InChI=1S/C18H32N4O/c1-5-22(4)14-13-21-18(19-3)20-12-9-15-23-16(2)17-10-7-6-8-11-17/h6-8,10-11,16H,5,9,12-15H2,1-4H3,(H2,19,20,21). The van der Waals surface area contributed by atoms with Crippen molar-refractivity contribution in [3.8, 4) is 0 Å². The Labute approximate surface area is 141 Å². The number of nitrogens with zero attached hydrogens (tertiary/aromatic N) is 2. The van der Waals surface area contributed by atoms with Crippen LogP contribution < -0.4 is 10.6 Å². The molecule has 1 aromatic carbocycles. The summed E-state index contributed by atoms with van der Waals surface area (Å²) in [6.07, 6.45) is 1.09. The minimum atomic E-state index is 0.137. The van der Waals surface area contributed by atoms with Gasteiger partial charge >= 0.3 is 0 Å². The molecule has 0 saturated heterocycles. The number of aliphatic imine (C=N–C) groups is 1. The van der Waals surface area contributed by atoms with Gasteiger partial charge in [0.05, 0.1) is 6.10 Å². The molecule has 0 fully saturated rings. The third-order valence-corrected chi connectivity index (χ3v) is 3.80. The van der Waals surface area contributed by atoms with Gasteiger partial charge in [-0.15, -0.1) is 0 Å². The van der Waals surface area contributed by atoms with Gasteiger partial charge in [-0.25, -0.2) is 0 Å². The Morgan fingerprint density at radius 2 is 1.91 bits per heavy atom. The van der Waals surface area contributed by atoms with Crippen molar-refractivity contribution in [2.24, 2.45) is 4.99 Å². The second-order valence-electron chi connectivity index (χ2n) is 5.60. The predicted octanol–water partition coefficient (Wildman–Crippen LogP) is 2.27. The lowest BCUT2D eigenvalue weighted by Crippen LogP contribution is -2.41. The van der Waals surface area contributed by atoms with E-state index in [1.165, 1.54) is 5.56 Å². The zero-order valence-electron chi connectivity index (χ0n) is 15.0. The maximum Gasteiger partial charge on any atom is 0.191 e. The lowest BCUT2D eigenvalue weighted by Gasteiger charge is -2.17.